The Morgan fingerprint density at radius 3 is 3.08 bits per heavy atom. The van der Waals surface area contributed by atoms with Gasteiger partial charge in [-0.25, -0.2) is 4.98 Å². The number of nitrogens with zero attached hydrogens (tertiary/aromatic N) is 3. The van der Waals surface area contributed by atoms with Gasteiger partial charge in [-0.3, -0.25) is 4.79 Å². The van der Waals surface area contributed by atoms with E-state index >= 15 is 0 Å². The molecule has 7 heteroatoms. The summed E-state index contributed by atoms with van der Waals surface area (Å²) in [6, 6.07) is 2.02. The van der Waals surface area contributed by atoms with Crippen LogP contribution in [0.2, 0.25) is 0 Å². The Kier molecular flexibility index (Phi) is 4.44. The number of fused-ring (bicyclic) bond motifs is 1. The number of hydrogen-bond donors (Lipinski definition) is 2. The first-order valence-electron chi connectivity index (χ1n) is 9.07. The lowest BCUT2D eigenvalue weighted by atomic mass is 9.92. The van der Waals surface area contributed by atoms with Crippen LogP contribution in [0.3, 0.4) is 0 Å². The summed E-state index contributed by atoms with van der Waals surface area (Å²) >= 11 is 1.64. The summed E-state index contributed by atoms with van der Waals surface area (Å²) in [6.45, 7) is 6.40. The number of aromatic amines is 1. The Hall–Kier alpha value is -1.99. The number of aromatic nitrogens is 2. The topological polar surface area (TPSA) is 78.2 Å². The molecular weight excluding hydrogens is 346 g/mol. The zero-order valence-corrected chi connectivity index (χ0v) is 16.1. The van der Waals surface area contributed by atoms with Crippen LogP contribution in [0.25, 0.3) is 11.0 Å². The highest BCUT2D eigenvalue weighted by atomic mass is 32.2. The maximum Gasteiger partial charge on any atom is 0.261 e. The van der Waals surface area contributed by atoms with Gasteiger partial charge >= 0.3 is 0 Å². The second-order valence-corrected chi connectivity index (χ2v) is 8.68. The number of amides is 1. The Labute approximate surface area is 157 Å². The Morgan fingerprint density at radius 2 is 2.27 bits per heavy atom. The molecule has 3 N–H and O–H groups in total. The van der Waals surface area contributed by atoms with Gasteiger partial charge in [0.1, 0.15) is 5.65 Å². The van der Waals surface area contributed by atoms with Crippen molar-refractivity contribution >= 4 is 34.4 Å². The molecule has 0 unspecified atom stereocenters. The third kappa shape index (κ3) is 3.21. The fourth-order valence-corrected chi connectivity index (χ4v) is 4.80. The van der Waals surface area contributed by atoms with Crippen LogP contribution in [0.4, 0.5) is 5.69 Å². The largest absolute Gasteiger partial charge is 0.346 e. The second-order valence-electron chi connectivity index (χ2n) is 7.54. The number of carbonyl (C=O) groups is 1. The van der Waals surface area contributed by atoms with Gasteiger partial charge in [0.05, 0.1) is 10.6 Å². The van der Waals surface area contributed by atoms with Gasteiger partial charge in [-0.05, 0) is 38.3 Å². The predicted molar refractivity (Wildman–Crippen MR) is 107 cm³/mol. The monoisotopic (exact) mass is 371 g/mol. The fraction of sp³-hybridized carbons (Fsp3) is 0.474. The smallest absolute Gasteiger partial charge is 0.261 e. The number of nitrogens with one attached hydrogen (secondary N) is 1. The summed E-state index contributed by atoms with van der Waals surface area (Å²) in [5.41, 5.74) is 9.14. The SMILES string of the molecule is Cc1c[nH]c2nccc(N3C=C(C(=O)N4CCC[C@](C)(N)C4)SCC3)c12. The van der Waals surface area contributed by atoms with Crippen LogP contribution in [0.5, 0.6) is 0 Å². The Morgan fingerprint density at radius 1 is 1.42 bits per heavy atom. The lowest BCUT2D eigenvalue weighted by Crippen LogP contribution is -2.54. The van der Waals surface area contributed by atoms with Crippen molar-refractivity contribution in [1.82, 2.24) is 14.9 Å². The number of likely N-dealkylation sites (tertiary alicyclic amines) is 1. The minimum Gasteiger partial charge on any atom is -0.346 e. The third-order valence-electron chi connectivity index (χ3n) is 5.15. The molecule has 0 spiro atoms. The minimum absolute atomic E-state index is 0.104. The summed E-state index contributed by atoms with van der Waals surface area (Å²) in [7, 11) is 0. The zero-order chi connectivity index (χ0) is 18.3. The van der Waals surface area contributed by atoms with Gasteiger partial charge in [-0.15, -0.1) is 11.8 Å². The van der Waals surface area contributed by atoms with Gasteiger partial charge in [0.2, 0.25) is 0 Å². The van der Waals surface area contributed by atoms with E-state index in [9.17, 15) is 4.79 Å². The van der Waals surface area contributed by atoms with Crippen molar-refractivity contribution in [2.75, 3.05) is 30.3 Å². The average molecular weight is 372 g/mol. The molecule has 2 aromatic heterocycles. The number of rotatable bonds is 2. The Balaban J connectivity index is 1.63. The van der Waals surface area contributed by atoms with Crippen LogP contribution in [-0.4, -0.2) is 51.7 Å². The van der Waals surface area contributed by atoms with E-state index in [1.54, 1.807) is 11.8 Å². The van der Waals surface area contributed by atoms with Crippen molar-refractivity contribution in [3.05, 3.63) is 35.1 Å². The van der Waals surface area contributed by atoms with Crippen LogP contribution in [0.1, 0.15) is 25.3 Å². The number of pyridine rings is 1. The minimum atomic E-state index is -0.285. The molecule has 1 saturated heterocycles. The van der Waals surface area contributed by atoms with E-state index in [-0.39, 0.29) is 11.4 Å². The van der Waals surface area contributed by atoms with Crippen molar-refractivity contribution in [2.45, 2.75) is 32.2 Å². The molecule has 0 aliphatic carbocycles. The molecule has 1 fully saturated rings. The first-order chi connectivity index (χ1) is 12.4. The molecule has 2 aromatic rings. The molecule has 4 rings (SSSR count). The Bertz CT molecular complexity index is 872. The van der Waals surface area contributed by atoms with E-state index in [0.717, 1.165) is 58.9 Å². The molecule has 1 atom stereocenters. The van der Waals surface area contributed by atoms with Gasteiger partial charge in [-0.2, -0.15) is 0 Å². The zero-order valence-electron chi connectivity index (χ0n) is 15.3. The first-order valence-corrected chi connectivity index (χ1v) is 10.1. The molecule has 2 aliphatic rings. The van der Waals surface area contributed by atoms with Gasteiger partial charge in [0.25, 0.3) is 5.91 Å². The second kappa shape index (κ2) is 6.63. The molecule has 2 aliphatic heterocycles. The van der Waals surface area contributed by atoms with Gasteiger partial charge in [0.15, 0.2) is 0 Å². The van der Waals surface area contributed by atoms with Crippen LogP contribution in [-0.2, 0) is 4.79 Å². The predicted octanol–water partition coefficient (Wildman–Crippen LogP) is 2.61. The summed E-state index contributed by atoms with van der Waals surface area (Å²) in [4.78, 5) is 25.5. The molecule has 26 heavy (non-hydrogen) atoms. The molecule has 0 radical (unpaired) electrons. The van der Waals surface area contributed by atoms with E-state index in [1.165, 1.54) is 0 Å². The number of aryl methyl sites for hydroxylation is 1. The van der Waals surface area contributed by atoms with E-state index < -0.39 is 0 Å². The van der Waals surface area contributed by atoms with Crippen LogP contribution >= 0.6 is 11.8 Å². The van der Waals surface area contributed by atoms with Gasteiger partial charge in [0, 0.05) is 54.9 Å². The molecule has 6 nitrogen and oxygen atoms in total. The molecule has 0 saturated carbocycles. The number of piperidine rings is 1. The number of H-pyrrole nitrogens is 1. The summed E-state index contributed by atoms with van der Waals surface area (Å²) < 4.78 is 0. The molecule has 1 amide bonds. The van der Waals surface area contributed by atoms with E-state index in [2.05, 4.69) is 21.8 Å². The van der Waals surface area contributed by atoms with Crippen molar-refractivity contribution < 1.29 is 4.79 Å². The normalized spacial score (nSPS) is 24.0. The molecule has 4 heterocycles. The molecule has 0 aromatic carbocycles. The van der Waals surface area contributed by atoms with E-state index in [0.29, 0.717) is 6.54 Å². The lowest BCUT2D eigenvalue weighted by Gasteiger charge is -2.38. The van der Waals surface area contributed by atoms with Gasteiger partial charge < -0.3 is 20.5 Å². The van der Waals surface area contributed by atoms with Crippen molar-refractivity contribution in [2.24, 2.45) is 5.73 Å². The van der Waals surface area contributed by atoms with Crippen LogP contribution in [0, 0.1) is 6.92 Å². The van der Waals surface area contributed by atoms with Crippen molar-refractivity contribution in [1.29, 1.82) is 0 Å². The standard InChI is InChI=1S/C19H25N5OS/c1-13-10-22-17-16(13)14(4-6-21-17)23-8-9-26-15(11-23)18(25)24-7-3-5-19(2,20)12-24/h4,6,10-11H,3,5,7-9,12,20H2,1-2H3,(H,21,22)/t19-/m0/s1. The molecular formula is C19H25N5OS. The number of carbonyl (C=O) groups excluding carboxylic acids is 1. The summed E-state index contributed by atoms with van der Waals surface area (Å²) in [5, 5.41) is 1.12. The third-order valence-corrected chi connectivity index (χ3v) is 6.12. The fourth-order valence-electron chi connectivity index (χ4n) is 3.84. The van der Waals surface area contributed by atoms with Crippen LogP contribution < -0.4 is 10.6 Å². The highest BCUT2D eigenvalue weighted by Gasteiger charge is 2.32. The van der Waals surface area contributed by atoms with Crippen LogP contribution in [0.15, 0.2) is 29.6 Å². The highest BCUT2D eigenvalue weighted by Crippen LogP contribution is 2.33. The maximum atomic E-state index is 13.0. The quantitative estimate of drug-likeness (QED) is 0.848. The average Bonchev–Trinajstić information content (AvgIpc) is 3.02. The van der Waals surface area contributed by atoms with E-state index in [1.807, 2.05) is 36.5 Å². The van der Waals surface area contributed by atoms with Crippen molar-refractivity contribution in [3.8, 4) is 0 Å². The summed E-state index contributed by atoms with van der Waals surface area (Å²) in [5.74, 6) is 0.991. The van der Waals surface area contributed by atoms with Crippen molar-refractivity contribution in [3.63, 3.8) is 0 Å². The number of thioether (sulfide) groups is 1. The number of anilines is 1. The summed E-state index contributed by atoms with van der Waals surface area (Å²) in [6.07, 6.45) is 7.73. The molecule has 138 valence electrons. The number of nitrogens with two attached hydrogens (primary N) is 1. The number of hydrogen-bond acceptors (Lipinski definition) is 5. The maximum absolute atomic E-state index is 13.0. The molecule has 0 bridgehead atoms. The van der Waals surface area contributed by atoms with Gasteiger partial charge in [-0.1, -0.05) is 0 Å². The van der Waals surface area contributed by atoms with E-state index in [4.69, 9.17) is 5.73 Å². The highest BCUT2D eigenvalue weighted by molar-refractivity contribution is 8.04. The lowest BCUT2D eigenvalue weighted by molar-refractivity contribution is -0.128. The first kappa shape index (κ1) is 17.4.